The predicted octanol–water partition coefficient (Wildman–Crippen LogP) is 4.07. The minimum atomic E-state index is -4.58. The molecule has 1 aromatic carbocycles. The highest BCUT2D eigenvalue weighted by Crippen LogP contribution is 2.40. The van der Waals surface area contributed by atoms with Gasteiger partial charge in [0.15, 0.2) is 0 Å². The number of carboxylic acid groups (broad SMARTS) is 1. The van der Waals surface area contributed by atoms with Crippen LogP contribution in [0.25, 0.3) is 0 Å². The highest BCUT2D eigenvalue weighted by atomic mass is 19.4. The number of anilines is 1. The minimum absolute atomic E-state index is 0.0195. The van der Waals surface area contributed by atoms with Crippen LogP contribution in [0.3, 0.4) is 0 Å². The third-order valence-corrected chi connectivity index (χ3v) is 5.34. The van der Waals surface area contributed by atoms with Crippen molar-refractivity contribution in [2.75, 3.05) is 25.5 Å². The van der Waals surface area contributed by atoms with Gasteiger partial charge in [-0.15, -0.1) is 0 Å². The molecule has 1 aromatic rings. The average Bonchev–Trinajstić information content (AvgIpc) is 2.60. The summed E-state index contributed by atoms with van der Waals surface area (Å²) < 4.78 is 44.7. The lowest BCUT2D eigenvalue weighted by atomic mass is 9.74. The van der Waals surface area contributed by atoms with Gasteiger partial charge in [0.2, 0.25) is 0 Å². The SMILES string of the molecule is COC(=O)c1ccc(C(F)(F)F)c(N[C@@H](C)C2(C)CCN(C(=O)O)CC2)c1. The number of nitrogens with zero attached hydrogens (tertiary/aromatic N) is 1. The van der Waals surface area contributed by atoms with E-state index in [1.165, 1.54) is 4.90 Å². The maximum absolute atomic E-state index is 13.4. The topological polar surface area (TPSA) is 78.9 Å². The number of likely N-dealkylation sites (tertiary alicyclic amines) is 1. The van der Waals surface area contributed by atoms with E-state index in [1.807, 2.05) is 6.92 Å². The number of esters is 1. The second kappa shape index (κ2) is 7.66. The summed E-state index contributed by atoms with van der Waals surface area (Å²) in [5, 5.41) is 12.0. The van der Waals surface area contributed by atoms with Crippen LogP contribution in [-0.2, 0) is 10.9 Å². The molecule has 2 N–H and O–H groups in total. The van der Waals surface area contributed by atoms with Crippen molar-refractivity contribution in [3.05, 3.63) is 29.3 Å². The third kappa shape index (κ3) is 4.64. The highest BCUT2D eigenvalue weighted by molar-refractivity contribution is 5.90. The second-order valence-corrected chi connectivity index (χ2v) is 7.04. The number of ether oxygens (including phenoxy) is 1. The number of nitrogens with one attached hydrogen (secondary N) is 1. The molecule has 1 fully saturated rings. The number of carbonyl (C=O) groups is 2. The molecule has 0 spiro atoms. The summed E-state index contributed by atoms with van der Waals surface area (Å²) in [6.45, 7) is 4.33. The van der Waals surface area contributed by atoms with Gasteiger partial charge >= 0.3 is 18.2 Å². The molecule has 1 aliphatic rings. The van der Waals surface area contributed by atoms with Crippen LogP contribution < -0.4 is 5.32 Å². The molecule has 0 aromatic heterocycles. The Morgan fingerprint density at radius 3 is 2.37 bits per heavy atom. The summed E-state index contributed by atoms with van der Waals surface area (Å²) in [5.41, 5.74) is -1.43. The summed E-state index contributed by atoms with van der Waals surface area (Å²) in [6, 6.07) is 2.71. The van der Waals surface area contributed by atoms with E-state index in [4.69, 9.17) is 5.11 Å². The van der Waals surface area contributed by atoms with Crippen molar-refractivity contribution >= 4 is 17.7 Å². The van der Waals surface area contributed by atoms with Crippen LogP contribution >= 0.6 is 0 Å². The van der Waals surface area contributed by atoms with Crippen LogP contribution in [-0.4, -0.2) is 48.3 Å². The lowest BCUT2D eigenvalue weighted by molar-refractivity contribution is -0.137. The van der Waals surface area contributed by atoms with Crippen LogP contribution in [0.1, 0.15) is 42.6 Å². The van der Waals surface area contributed by atoms with Crippen molar-refractivity contribution in [1.82, 2.24) is 4.90 Å². The van der Waals surface area contributed by atoms with Crippen LogP contribution in [0.5, 0.6) is 0 Å². The van der Waals surface area contributed by atoms with Gasteiger partial charge in [-0.25, -0.2) is 9.59 Å². The zero-order valence-electron chi connectivity index (χ0n) is 15.4. The molecule has 1 saturated heterocycles. The quantitative estimate of drug-likeness (QED) is 0.760. The van der Waals surface area contributed by atoms with Gasteiger partial charge in [-0.05, 0) is 43.4 Å². The lowest BCUT2D eigenvalue weighted by Gasteiger charge is -2.43. The molecule has 0 radical (unpaired) electrons. The molecule has 2 rings (SSSR count). The zero-order chi connectivity index (χ0) is 20.4. The summed E-state index contributed by atoms with van der Waals surface area (Å²) in [5.74, 6) is -0.722. The third-order valence-electron chi connectivity index (χ3n) is 5.34. The first-order chi connectivity index (χ1) is 12.5. The molecule has 0 aliphatic carbocycles. The van der Waals surface area contributed by atoms with E-state index >= 15 is 0 Å². The smallest absolute Gasteiger partial charge is 0.418 e. The van der Waals surface area contributed by atoms with Crippen molar-refractivity contribution in [2.45, 2.75) is 38.9 Å². The van der Waals surface area contributed by atoms with Gasteiger partial charge in [-0.2, -0.15) is 13.2 Å². The van der Waals surface area contributed by atoms with Crippen LogP contribution in [0.4, 0.5) is 23.7 Å². The molecule has 6 nitrogen and oxygen atoms in total. The Morgan fingerprint density at radius 1 is 1.30 bits per heavy atom. The zero-order valence-corrected chi connectivity index (χ0v) is 15.4. The number of halogens is 3. The monoisotopic (exact) mass is 388 g/mol. The predicted molar refractivity (Wildman–Crippen MR) is 92.8 cm³/mol. The van der Waals surface area contributed by atoms with Crippen molar-refractivity contribution in [1.29, 1.82) is 0 Å². The van der Waals surface area contributed by atoms with Crippen LogP contribution in [0.2, 0.25) is 0 Å². The summed E-state index contributed by atoms with van der Waals surface area (Å²) in [7, 11) is 1.16. The number of rotatable bonds is 4. The first-order valence-electron chi connectivity index (χ1n) is 8.52. The van der Waals surface area contributed by atoms with Crippen molar-refractivity contribution in [3.63, 3.8) is 0 Å². The van der Waals surface area contributed by atoms with E-state index in [-0.39, 0.29) is 17.3 Å². The largest absolute Gasteiger partial charge is 0.465 e. The summed E-state index contributed by atoms with van der Waals surface area (Å²) >= 11 is 0. The number of benzene rings is 1. The molecular weight excluding hydrogens is 365 g/mol. The molecule has 1 atom stereocenters. The van der Waals surface area contributed by atoms with Crippen molar-refractivity contribution in [2.24, 2.45) is 5.41 Å². The van der Waals surface area contributed by atoms with Gasteiger partial charge in [0.25, 0.3) is 0 Å². The van der Waals surface area contributed by atoms with Gasteiger partial charge in [-0.3, -0.25) is 0 Å². The maximum atomic E-state index is 13.4. The number of alkyl halides is 3. The highest BCUT2D eigenvalue weighted by Gasteiger charge is 2.39. The molecule has 1 heterocycles. The van der Waals surface area contributed by atoms with Gasteiger partial charge < -0.3 is 20.1 Å². The standard InChI is InChI=1S/C18H23F3N2O4/c1-11(17(2)6-8-23(9-7-17)16(25)26)22-14-10-12(15(24)27-3)4-5-13(14)18(19,20)21/h4-5,10-11,22H,6-9H2,1-3H3,(H,25,26)/t11-/m0/s1. The molecule has 150 valence electrons. The molecule has 1 amide bonds. The van der Waals surface area contributed by atoms with Crippen LogP contribution in [0.15, 0.2) is 18.2 Å². The Balaban J connectivity index is 2.26. The van der Waals surface area contributed by atoms with Crippen molar-refractivity contribution < 1.29 is 32.6 Å². The van der Waals surface area contributed by atoms with Crippen LogP contribution in [0, 0.1) is 5.41 Å². The molecule has 0 bridgehead atoms. The first-order valence-corrected chi connectivity index (χ1v) is 8.52. The van der Waals surface area contributed by atoms with E-state index in [9.17, 15) is 22.8 Å². The van der Waals surface area contributed by atoms with E-state index in [0.717, 1.165) is 25.3 Å². The Hall–Kier alpha value is -2.45. The van der Waals surface area contributed by atoms with Gasteiger partial charge in [-0.1, -0.05) is 6.92 Å². The number of hydrogen-bond donors (Lipinski definition) is 2. The Labute approximate surface area is 155 Å². The number of amides is 1. The number of carbonyl (C=O) groups excluding carboxylic acids is 1. The molecule has 9 heteroatoms. The summed E-state index contributed by atoms with van der Waals surface area (Å²) in [4.78, 5) is 24.0. The first kappa shape index (κ1) is 20.9. The van der Waals surface area contributed by atoms with Crippen molar-refractivity contribution in [3.8, 4) is 0 Å². The average molecular weight is 388 g/mol. The fourth-order valence-corrected chi connectivity index (χ4v) is 3.21. The fourth-order valence-electron chi connectivity index (χ4n) is 3.21. The number of hydrogen-bond acceptors (Lipinski definition) is 4. The Bertz CT molecular complexity index is 713. The molecule has 27 heavy (non-hydrogen) atoms. The molecule has 0 saturated carbocycles. The minimum Gasteiger partial charge on any atom is -0.465 e. The normalized spacial score (nSPS) is 17.9. The Morgan fingerprint density at radius 2 is 1.89 bits per heavy atom. The lowest BCUT2D eigenvalue weighted by Crippen LogP contribution is -2.47. The van der Waals surface area contributed by atoms with E-state index in [1.54, 1.807) is 6.92 Å². The number of piperidine rings is 1. The van der Waals surface area contributed by atoms with Gasteiger partial charge in [0.05, 0.1) is 18.2 Å². The molecule has 0 unspecified atom stereocenters. The van der Waals surface area contributed by atoms with Gasteiger partial charge in [0.1, 0.15) is 0 Å². The van der Waals surface area contributed by atoms with E-state index < -0.39 is 29.2 Å². The molecular formula is C18H23F3N2O4. The fraction of sp³-hybridized carbons (Fsp3) is 0.556. The van der Waals surface area contributed by atoms with E-state index in [2.05, 4.69) is 10.1 Å². The maximum Gasteiger partial charge on any atom is 0.418 e. The van der Waals surface area contributed by atoms with Gasteiger partial charge in [0, 0.05) is 24.8 Å². The Kier molecular flexibility index (Phi) is 5.91. The molecule has 1 aliphatic heterocycles. The second-order valence-electron chi connectivity index (χ2n) is 7.04. The van der Waals surface area contributed by atoms with E-state index in [0.29, 0.717) is 25.9 Å². The summed E-state index contributed by atoms with van der Waals surface area (Å²) in [6.07, 6.45) is -4.54. The number of methoxy groups -OCH3 is 1.